The Morgan fingerprint density at radius 1 is 1.04 bits per heavy atom. The first kappa shape index (κ1) is 31.2. The molecular weight excluding hydrogens is 627 g/mol. The van der Waals surface area contributed by atoms with Gasteiger partial charge in [-0.2, -0.15) is 0 Å². The highest BCUT2D eigenvalue weighted by atomic mass is 19.2. The van der Waals surface area contributed by atoms with Crippen molar-refractivity contribution < 1.29 is 31.9 Å². The van der Waals surface area contributed by atoms with Crippen LogP contribution in [0.1, 0.15) is 35.9 Å². The number of carbonyl (C=O) groups is 2. The lowest BCUT2D eigenvalue weighted by Gasteiger charge is -2.41. The van der Waals surface area contributed by atoms with Gasteiger partial charge in [-0.1, -0.05) is 12.6 Å². The molecule has 14 heteroatoms. The van der Waals surface area contributed by atoms with E-state index in [0.29, 0.717) is 62.6 Å². The average Bonchev–Trinajstić information content (AvgIpc) is 3.73. The molecule has 1 N–H and O–H groups in total. The summed E-state index contributed by atoms with van der Waals surface area (Å²) in [5.74, 6) is -1.46. The minimum absolute atomic E-state index is 0.0316. The first-order chi connectivity index (χ1) is 23.2. The maximum atomic E-state index is 14.7. The summed E-state index contributed by atoms with van der Waals surface area (Å²) in [5.41, 5.74) is 2.27. The van der Waals surface area contributed by atoms with Crippen LogP contribution in [0.25, 0.3) is 0 Å². The van der Waals surface area contributed by atoms with Crippen molar-refractivity contribution >= 4 is 29.0 Å². The molecule has 0 aliphatic carbocycles. The van der Waals surface area contributed by atoms with Crippen molar-refractivity contribution in [2.45, 2.75) is 30.7 Å². The van der Waals surface area contributed by atoms with Gasteiger partial charge in [0.25, 0.3) is 5.91 Å². The highest BCUT2D eigenvalue weighted by molar-refractivity contribution is 6.02. The molecule has 4 aromatic rings. The van der Waals surface area contributed by atoms with Crippen molar-refractivity contribution in [2.75, 3.05) is 54.0 Å². The van der Waals surface area contributed by atoms with Crippen molar-refractivity contribution in [1.82, 2.24) is 20.5 Å². The van der Waals surface area contributed by atoms with Crippen molar-refractivity contribution in [2.24, 2.45) is 0 Å². The van der Waals surface area contributed by atoms with Crippen molar-refractivity contribution in [1.29, 1.82) is 0 Å². The Balaban J connectivity index is 1.06. The van der Waals surface area contributed by atoms with Crippen LogP contribution in [0.3, 0.4) is 0 Å². The maximum absolute atomic E-state index is 14.7. The number of aromatic nitrogens is 3. The summed E-state index contributed by atoms with van der Waals surface area (Å²) in [6, 6.07) is 9.23. The second-order valence-electron chi connectivity index (χ2n) is 12.2. The molecule has 48 heavy (non-hydrogen) atoms. The molecule has 7 rings (SSSR count). The number of benzene rings is 2. The number of pyridine rings is 1. The maximum Gasteiger partial charge on any atom is 0.250 e. The fourth-order valence-corrected chi connectivity index (χ4v) is 6.94. The van der Waals surface area contributed by atoms with Crippen LogP contribution in [-0.4, -0.2) is 66.3 Å². The number of hydrogen-bond donors (Lipinski definition) is 1. The number of rotatable bonds is 8. The Labute approximate surface area is 274 Å². The number of piperidine rings is 1. The molecule has 2 amide bonds. The van der Waals surface area contributed by atoms with Gasteiger partial charge in [0, 0.05) is 43.2 Å². The van der Waals surface area contributed by atoms with Crippen molar-refractivity contribution in [3.8, 4) is 5.75 Å². The highest BCUT2D eigenvalue weighted by Gasteiger charge is 2.45. The van der Waals surface area contributed by atoms with Gasteiger partial charge in [-0.25, -0.2) is 18.2 Å². The largest absolute Gasteiger partial charge is 0.489 e. The Bertz CT molecular complexity index is 1860. The third-order valence-electron chi connectivity index (χ3n) is 9.31. The van der Waals surface area contributed by atoms with Crippen molar-refractivity contribution in [3.05, 3.63) is 102 Å². The first-order valence-corrected chi connectivity index (χ1v) is 15.6. The molecule has 2 aromatic carbocycles. The minimum atomic E-state index is -0.997. The molecule has 5 heterocycles. The molecule has 0 unspecified atom stereocenters. The third kappa shape index (κ3) is 5.93. The Kier molecular flexibility index (Phi) is 8.23. The van der Waals surface area contributed by atoms with Gasteiger partial charge in [0.05, 0.1) is 19.3 Å². The van der Waals surface area contributed by atoms with E-state index in [1.165, 1.54) is 18.2 Å². The van der Waals surface area contributed by atoms with Gasteiger partial charge in [-0.05, 0) is 60.4 Å². The Hall–Kier alpha value is -5.40. The van der Waals surface area contributed by atoms with Crippen LogP contribution in [-0.2, 0) is 21.4 Å². The van der Waals surface area contributed by atoms with E-state index in [-0.39, 0.29) is 36.5 Å². The van der Waals surface area contributed by atoms with Crippen LogP contribution in [0.2, 0.25) is 0 Å². The normalized spacial score (nSPS) is 17.0. The molecule has 248 valence electrons. The van der Waals surface area contributed by atoms with Gasteiger partial charge in [-0.15, -0.1) is 10.2 Å². The lowest BCUT2D eigenvalue weighted by molar-refractivity contribution is -0.120. The zero-order valence-corrected chi connectivity index (χ0v) is 25.9. The predicted octanol–water partition coefficient (Wildman–Crippen LogP) is 4.25. The molecule has 1 atom stereocenters. The second-order valence-corrected chi connectivity index (χ2v) is 12.2. The monoisotopic (exact) mass is 659 g/mol. The van der Waals surface area contributed by atoms with E-state index in [1.807, 2.05) is 11.0 Å². The van der Waals surface area contributed by atoms with Crippen molar-refractivity contribution in [3.63, 3.8) is 0 Å². The van der Waals surface area contributed by atoms with E-state index in [9.17, 15) is 22.8 Å². The molecule has 3 aliphatic heterocycles. The van der Waals surface area contributed by atoms with Crippen LogP contribution in [0, 0.1) is 17.5 Å². The number of ether oxygens (including phenoxy) is 1. The summed E-state index contributed by atoms with van der Waals surface area (Å²) in [4.78, 5) is 36.1. The number of carbonyl (C=O) groups excluding carboxylic acids is 2. The summed E-state index contributed by atoms with van der Waals surface area (Å²) in [6.45, 7) is 6.09. The van der Waals surface area contributed by atoms with Gasteiger partial charge in [-0.3, -0.25) is 9.59 Å². The molecule has 1 fully saturated rings. The number of fused-ring (bicyclic) bond motifs is 3. The lowest BCUT2D eigenvalue weighted by atomic mass is 9.74. The molecule has 1 saturated heterocycles. The van der Waals surface area contributed by atoms with Gasteiger partial charge in [0.1, 0.15) is 35.7 Å². The van der Waals surface area contributed by atoms with Crippen LogP contribution in [0.4, 0.5) is 30.4 Å². The summed E-state index contributed by atoms with van der Waals surface area (Å²) >= 11 is 0. The van der Waals surface area contributed by atoms with Crippen LogP contribution in [0.15, 0.2) is 72.1 Å². The fraction of sp³-hybridized carbons (Fsp3) is 0.324. The summed E-state index contributed by atoms with van der Waals surface area (Å²) in [5, 5.41) is 10.5. The average molecular weight is 660 g/mol. The number of anilines is 3. The van der Waals surface area contributed by atoms with Crippen LogP contribution < -0.4 is 24.8 Å². The molecule has 3 aliphatic rings. The predicted molar refractivity (Wildman–Crippen MR) is 169 cm³/mol. The Morgan fingerprint density at radius 3 is 2.62 bits per heavy atom. The van der Waals surface area contributed by atoms with E-state index in [2.05, 4.69) is 32.0 Å². The van der Waals surface area contributed by atoms with Gasteiger partial charge < -0.3 is 29.2 Å². The van der Waals surface area contributed by atoms with E-state index >= 15 is 0 Å². The molecular formula is C34H32F3N7O4. The molecule has 11 nitrogen and oxygen atoms in total. The number of halogens is 3. The molecule has 1 spiro atoms. The van der Waals surface area contributed by atoms with E-state index in [1.54, 1.807) is 23.2 Å². The van der Waals surface area contributed by atoms with Crippen LogP contribution >= 0.6 is 0 Å². The summed E-state index contributed by atoms with van der Waals surface area (Å²) in [6.07, 6.45) is 5.50. The molecule has 2 aromatic heterocycles. The van der Waals surface area contributed by atoms with Gasteiger partial charge in [0.15, 0.2) is 11.6 Å². The zero-order chi connectivity index (χ0) is 33.4. The van der Waals surface area contributed by atoms with Gasteiger partial charge in [0.2, 0.25) is 18.2 Å². The summed E-state index contributed by atoms with van der Waals surface area (Å²) < 4.78 is 53.3. The first-order valence-electron chi connectivity index (χ1n) is 15.6. The van der Waals surface area contributed by atoms with E-state index < -0.39 is 23.1 Å². The topological polar surface area (TPSA) is 117 Å². The third-order valence-corrected chi connectivity index (χ3v) is 9.31. The summed E-state index contributed by atoms with van der Waals surface area (Å²) in [7, 11) is 0. The number of nitrogens with zero attached hydrogens (tertiary/aromatic N) is 6. The number of nitrogens with one attached hydrogen (secondary N) is 1. The smallest absolute Gasteiger partial charge is 0.250 e. The highest BCUT2D eigenvalue weighted by Crippen LogP contribution is 2.48. The fourth-order valence-electron chi connectivity index (χ4n) is 6.94. The quantitative estimate of drug-likeness (QED) is 0.277. The van der Waals surface area contributed by atoms with Gasteiger partial charge >= 0.3 is 0 Å². The lowest BCUT2D eigenvalue weighted by Crippen LogP contribution is -2.47. The number of amides is 2. The Morgan fingerprint density at radius 2 is 1.88 bits per heavy atom. The van der Waals surface area contributed by atoms with E-state index in [4.69, 9.17) is 9.15 Å². The minimum Gasteiger partial charge on any atom is -0.489 e. The second kappa shape index (κ2) is 12.7. The standard InChI is InChI=1S/C34H32F3N7O4/c1-2-32(46)44-11-12-47-29-16-30(38-17-28(29)44)42-9-7-34(8-10-42)19-43(27-6-4-22(35)15-23(27)34)18-31(45)40-26(33-41-39-20-48-33)14-21-3-5-24(36)25(37)13-21/h2-6,13,15-17,20,26H,1,7-12,14,18-19H2,(H,40,45)/t26-/m1/s1. The molecule has 0 radical (unpaired) electrons. The zero-order valence-electron chi connectivity index (χ0n) is 25.9. The molecule has 0 saturated carbocycles. The van der Waals surface area contributed by atoms with Crippen LogP contribution in [0.5, 0.6) is 5.75 Å². The van der Waals surface area contributed by atoms with E-state index in [0.717, 1.165) is 35.6 Å². The SMILES string of the molecule is C=CC(=O)N1CCOc2cc(N3CCC4(CC3)CN(CC(=O)N[C@H](Cc3ccc(F)c(F)c3)c3nnco3)c3ccc(F)cc34)ncc21. The molecule has 0 bridgehead atoms. The number of hydrogen-bond acceptors (Lipinski definition) is 9.